The number of sulfonamides is 1. The van der Waals surface area contributed by atoms with E-state index in [1.165, 1.54) is 22.5 Å². The molecule has 6 nitrogen and oxygen atoms in total. The van der Waals surface area contributed by atoms with Crippen molar-refractivity contribution in [2.24, 2.45) is 0 Å². The maximum absolute atomic E-state index is 13.6. The molecule has 3 rings (SSSR count). The van der Waals surface area contributed by atoms with E-state index in [9.17, 15) is 22.0 Å². The zero-order valence-electron chi connectivity index (χ0n) is 15.2. The zero-order chi connectivity index (χ0) is 20.1. The molecular formula is C19H22F2N3O3S+. The largest absolute Gasteiger partial charge is 0.347 e. The Morgan fingerprint density at radius 3 is 2.32 bits per heavy atom. The summed E-state index contributed by atoms with van der Waals surface area (Å²) in [6, 6.07) is 11.0. The van der Waals surface area contributed by atoms with E-state index in [-0.39, 0.29) is 42.8 Å². The number of carbonyl (C=O) groups excluding carboxylic acids is 1. The van der Waals surface area contributed by atoms with Crippen LogP contribution in [-0.2, 0) is 21.4 Å². The molecule has 28 heavy (non-hydrogen) atoms. The van der Waals surface area contributed by atoms with Crippen LogP contribution in [0.2, 0.25) is 0 Å². The van der Waals surface area contributed by atoms with Gasteiger partial charge in [-0.2, -0.15) is 4.31 Å². The summed E-state index contributed by atoms with van der Waals surface area (Å²) in [6.07, 6.45) is 0. The van der Waals surface area contributed by atoms with E-state index in [1.807, 2.05) is 0 Å². The first-order chi connectivity index (χ1) is 13.4. The van der Waals surface area contributed by atoms with Crippen molar-refractivity contribution in [1.29, 1.82) is 0 Å². The number of piperazine rings is 1. The fraction of sp³-hybridized carbons (Fsp3) is 0.316. The van der Waals surface area contributed by atoms with Gasteiger partial charge in [0.25, 0.3) is 5.91 Å². The number of hydrogen-bond acceptors (Lipinski definition) is 3. The number of nitrogens with one attached hydrogen (secondary N) is 2. The Bertz CT molecular complexity index is 928. The van der Waals surface area contributed by atoms with Crippen LogP contribution >= 0.6 is 0 Å². The summed E-state index contributed by atoms with van der Waals surface area (Å²) in [7, 11) is -3.67. The van der Waals surface area contributed by atoms with Crippen LogP contribution in [0.4, 0.5) is 8.78 Å². The monoisotopic (exact) mass is 410 g/mol. The van der Waals surface area contributed by atoms with Crippen molar-refractivity contribution in [2.45, 2.75) is 11.4 Å². The summed E-state index contributed by atoms with van der Waals surface area (Å²) in [5.41, 5.74) is 0.418. The standard InChI is InChI=1S/C19H21F2N3O3S/c20-16-5-7-17(8-6-16)28(26,27)24-11-9-23(10-12-24)14-19(25)22-13-15-3-1-2-4-18(15)21/h1-8H,9-14H2,(H,22,25)/p+1. The lowest BCUT2D eigenvalue weighted by Crippen LogP contribution is -3.15. The molecule has 1 fully saturated rings. The van der Waals surface area contributed by atoms with Crippen molar-refractivity contribution in [3.05, 3.63) is 65.7 Å². The van der Waals surface area contributed by atoms with Crippen molar-refractivity contribution in [1.82, 2.24) is 9.62 Å². The number of rotatable bonds is 6. The van der Waals surface area contributed by atoms with Gasteiger partial charge in [0.15, 0.2) is 6.54 Å². The lowest BCUT2D eigenvalue weighted by molar-refractivity contribution is -0.895. The van der Waals surface area contributed by atoms with Gasteiger partial charge < -0.3 is 10.2 Å². The zero-order valence-corrected chi connectivity index (χ0v) is 16.0. The summed E-state index contributed by atoms with van der Waals surface area (Å²) in [6.45, 7) is 1.81. The summed E-state index contributed by atoms with van der Waals surface area (Å²) in [5, 5.41) is 2.69. The molecule has 1 aliphatic heterocycles. The first kappa shape index (κ1) is 20.4. The van der Waals surface area contributed by atoms with Crippen LogP contribution in [-0.4, -0.2) is 51.4 Å². The Hall–Kier alpha value is -2.36. The third-order valence-electron chi connectivity index (χ3n) is 4.73. The third-order valence-corrected chi connectivity index (χ3v) is 6.64. The molecule has 0 spiro atoms. The molecule has 0 unspecified atom stereocenters. The maximum atomic E-state index is 13.6. The maximum Gasteiger partial charge on any atom is 0.275 e. The van der Waals surface area contributed by atoms with Gasteiger partial charge in [0, 0.05) is 12.1 Å². The van der Waals surface area contributed by atoms with Crippen LogP contribution in [0, 0.1) is 11.6 Å². The Balaban J connectivity index is 1.49. The van der Waals surface area contributed by atoms with Crippen molar-refractivity contribution in [2.75, 3.05) is 32.7 Å². The van der Waals surface area contributed by atoms with Gasteiger partial charge in [-0.3, -0.25) is 4.79 Å². The number of carbonyl (C=O) groups is 1. The molecule has 0 saturated carbocycles. The Kier molecular flexibility index (Phi) is 6.38. The molecular weight excluding hydrogens is 388 g/mol. The van der Waals surface area contributed by atoms with Crippen LogP contribution in [0.3, 0.4) is 0 Å². The van der Waals surface area contributed by atoms with Crippen LogP contribution in [0.1, 0.15) is 5.56 Å². The second-order valence-electron chi connectivity index (χ2n) is 6.65. The molecule has 0 atom stereocenters. The Morgan fingerprint density at radius 1 is 1.04 bits per heavy atom. The molecule has 1 aliphatic rings. The minimum atomic E-state index is -3.67. The van der Waals surface area contributed by atoms with Gasteiger partial charge in [-0.1, -0.05) is 18.2 Å². The average molecular weight is 410 g/mol. The average Bonchev–Trinajstić information content (AvgIpc) is 2.68. The van der Waals surface area contributed by atoms with Crippen molar-refractivity contribution in [3.63, 3.8) is 0 Å². The SMILES string of the molecule is O=C(C[NH+]1CCN(S(=O)(=O)c2ccc(F)cc2)CC1)NCc1ccccc1F. The number of benzene rings is 2. The van der Waals surface area contributed by atoms with E-state index in [4.69, 9.17) is 0 Å². The van der Waals surface area contributed by atoms with Crippen LogP contribution in [0.25, 0.3) is 0 Å². The van der Waals surface area contributed by atoms with E-state index < -0.39 is 15.8 Å². The molecule has 150 valence electrons. The highest BCUT2D eigenvalue weighted by molar-refractivity contribution is 7.89. The summed E-state index contributed by atoms with van der Waals surface area (Å²) < 4.78 is 53.1. The quantitative estimate of drug-likeness (QED) is 0.713. The summed E-state index contributed by atoms with van der Waals surface area (Å²) >= 11 is 0. The van der Waals surface area contributed by atoms with Crippen molar-refractivity contribution in [3.8, 4) is 0 Å². The fourth-order valence-corrected chi connectivity index (χ4v) is 4.54. The molecule has 2 N–H and O–H groups in total. The molecule has 2 aromatic carbocycles. The highest BCUT2D eigenvalue weighted by Crippen LogP contribution is 2.16. The Morgan fingerprint density at radius 2 is 1.68 bits per heavy atom. The number of halogens is 2. The smallest absolute Gasteiger partial charge is 0.275 e. The lowest BCUT2D eigenvalue weighted by atomic mass is 10.2. The predicted octanol–water partition coefficient (Wildman–Crippen LogP) is 0.170. The van der Waals surface area contributed by atoms with Crippen LogP contribution in [0.5, 0.6) is 0 Å². The number of amides is 1. The number of quaternary nitrogens is 1. The molecule has 1 amide bonds. The second kappa shape index (κ2) is 8.76. The highest BCUT2D eigenvalue weighted by Gasteiger charge is 2.31. The molecule has 0 aromatic heterocycles. The van der Waals surface area contributed by atoms with Gasteiger partial charge in [0.2, 0.25) is 10.0 Å². The first-order valence-corrected chi connectivity index (χ1v) is 10.4. The number of nitrogens with zero attached hydrogens (tertiary/aromatic N) is 1. The first-order valence-electron chi connectivity index (χ1n) is 8.95. The van der Waals surface area contributed by atoms with E-state index in [0.29, 0.717) is 18.7 Å². The van der Waals surface area contributed by atoms with Gasteiger partial charge in [-0.25, -0.2) is 17.2 Å². The summed E-state index contributed by atoms with van der Waals surface area (Å²) in [5.74, 6) is -1.07. The van der Waals surface area contributed by atoms with E-state index in [1.54, 1.807) is 18.2 Å². The predicted molar refractivity (Wildman–Crippen MR) is 99.0 cm³/mol. The van der Waals surface area contributed by atoms with Gasteiger partial charge in [0.05, 0.1) is 31.1 Å². The molecule has 2 aromatic rings. The van der Waals surface area contributed by atoms with Crippen molar-refractivity contribution < 1.29 is 26.9 Å². The van der Waals surface area contributed by atoms with Crippen LogP contribution in [0.15, 0.2) is 53.4 Å². The van der Waals surface area contributed by atoms with E-state index in [0.717, 1.165) is 17.0 Å². The molecule has 0 bridgehead atoms. The normalized spacial score (nSPS) is 16.1. The minimum absolute atomic E-state index is 0.0555. The number of hydrogen-bond donors (Lipinski definition) is 2. The third kappa shape index (κ3) is 4.92. The molecule has 9 heteroatoms. The van der Waals surface area contributed by atoms with Gasteiger partial charge in [0.1, 0.15) is 11.6 Å². The second-order valence-corrected chi connectivity index (χ2v) is 8.59. The van der Waals surface area contributed by atoms with Gasteiger partial charge in [-0.15, -0.1) is 0 Å². The van der Waals surface area contributed by atoms with Gasteiger partial charge in [-0.05, 0) is 30.3 Å². The molecule has 1 heterocycles. The minimum Gasteiger partial charge on any atom is -0.347 e. The molecule has 0 radical (unpaired) electrons. The van der Waals surface area contributed by atoms with Crippen molar-refractivity contribution >= 4 is 15.9 Å². The topological polar surface area (TPSA) is 70.9 Å². The summed E-state index contributed by atoms with van der Waals surface area (Å²) in [4.78, 5) is 13.1. The van der Waals surface area contributed by atoms with E-state index >= 15 is 0 Å². The van der Waals surface area contributed by atoms with Gasteiger partial charge >= 0.3 is 0 Å². The highest BCUT2D eigenvalue weighted by atomic mass is 32.2. The van der Waals surface area contributed by atoms with Crippen LogP contribution < -0.4 is 10.2 Å². The molecule has 0 aliphatic carbocycles. The van der Waals surface area contributed by atoms with E-state index in [2.05, 4.69) is 5.32 Å². The lowest BCUT2D eigenvalue weighted by Gasteiger charge is -2.31. The molecule has 1 saturated heterocycles. The Labute approximate surface area is 162 Å². The fourth-order valence-electron chi connectivity index (χ4n) is 3.10.